The number of hydrogen-bond donors (Lipinski definition) is 1. The average molecular weight is 355 g/mol. The molecule has 1 spiro atoms. The summed E-state index contributed by atoms with van der Waals surface area (Å²) in [5.74, 6) is -0.530. The Morgan fingerprint density at radius 1 is 1.12 bits per heavy atom. The van der Waals surface area contributed by atoms with Crippen molar-refractivity contribution >= 4 is 17.6 Å². The van der Waals surface area contributed by atoms with Crippen LogP contribution in [0.5, 0.6) is 0 Å². The van der Waals surface area contributed by atoms with Crippen LogP contribution in [0.25, 0.3) is 0 Å². The zero-order valence-corrected chi connectivity index (χ0v) is 14.6. The number of amides is 1. The monoisotopic (exact) mass is 355 g/mol. The Labute approximate surface area is 152 Å². The van der Waals surface area contributed by atoms with E-state index in [2.05, 4.69) is 21.2 Å². The first-order valence-electron chi connectivity index (χ1n) is 9.17. The van der Waals surface area contributed by atoms with Crippen LogP contribution in [-0.2, 0) is 4.79 Å². The first-order chi connectivity index (χ1) is 12.6. The van der Waals surface area contributed by atoms with Gasteiger partial charge >= 0.3 is 0 Å². The first-order valence-corrected chi connectivity index (χ1v) is 9.17. The second-order valence-corrected chi connectivity index (χ2v) is 7.25. The molecule has 1 aliphatic carbocycles. The van der Waals surface area contributed by atoms with Crippen molar-refractivity contribution in [2.75, 3.05) is 31.1 Å². The number of piperazine rings is 1. The largest absolute Gasteiger partial charge is 0.368 e. The Hall–Kier alpha value is -2.62. The van der Waals surface area contributed by atoms with Crippen molar-refractivity contribution in [3.63, 3.8) is 0 Å². The van der Waals surface area contributed by atoms with Gasteiger partial charge in [0, 0.05) is 31.9 Å². The second kappa shape index (κ2) is 6.60. The molecule has 0 unspecified atom stereocenters. The van der Waals surface area contributed by atoms with Gasteiger partial charge in [-0.3, -0.25) is 10.1 Å². The number of rotatable bonds is 1. The average Bonchev–Trinajstić information content (AvgIpc) is 3.11. The zero-order chi connectivity index (χ0) is 18.1. The highest BCUT2D eigenvalue weighted by Gasteiger charge is 2.49. The van der Waals surface area contributed by atoms with E-state index < -0.39 is 11.5 Å². The van der Waals surface area contributed by atoms with Gasteiger partial charge in [-0.15, -0.1) is 0 Å². The van der Waals surface area contributed by atoms with Crippen molar-refractivity contribution < 1.29 is 9.18 Å². The molecule has 1 amide bonds. The van der Waals surface area contributed by atoms with Gasteiger partial charge in [0.25, 0.3) is 0 Å². The van der Waals surface area contributed by atoms with Gasteiger partial charge in [-0.2, -0.15) is 5.26 Å². The van der Waals surface area contributed by atoms with Gasteiger partial charge in [0.15, 0.2) is 5.92 Å². The zero-order valence-electron chi connectivity index (χ0n) is 14.6. The van der Waals surface area contributed by atoms with E-state index in [4.69, 9.17) is 4.99 Å². The van der Waals surface area contributed by atoms with Crippen LogP contribution in [-0.4, -0.2) is 48.5 Å². The summed E-state index contributed by atoms with van der Waals surface area (Å²) in [5, 5.41) is 12.3. The van der Waals surface area contributed by atoms with Crippen LogP contribution in [0, 0.1) is 23.1 Å². The molecule has 1 aromatic carbocycles. The number of nitrogens with one attached hydrogen (secondary N) is 1. The summed E-state index contributed by atoms with van der Waals surface area (Å²) in [6.07, 6.45) is 3.64. The number of benzene rings is 1. The molecule has 7 heteroatoms. The van der Waals surface area contributed by atoms with Crippen molar-refractivity contribution in [3.8, 4) is 6.07 Å². The molecular formula is C19H22FN5O. The van der Waals surface area contributed by atoms with E-state index in [-0.39, 0.29) is 11.7 Å². The van der Waals surface area contributed by atoms with Crippen LogP contribution < -0.4 is 10.2 Å². The number of guanidine groups is 1. The summed E-state index contributed by atoms with van der Waals surface area (Å²) in [4.78, 5) is 21.6. The smallest absolute Gasteiger partial charge is 0.246 e. The lowest BCUT2D eigenvalue weighted by Crippen LogP contribution is -2.59. The van der Waals surface area contributed by atoms with Crippen molar-refractivity contribution in [1.29, 1.82) is 5.26 Å². The number of hydrogen-bond acceptors (Lipinski definition) is 5. The summed E-state index contributed by atoms with van der Waals surface area (Å²) in [5.41, 5.74) is 0.457. The highest BCUT2D eigenvalue weighted by molar-refractivity contribution is 6.02. The minimum atomic E-state index is -0.686. The van der Waals surface area contributed by atoms with Crippen molar-refractivity contribution in [1.82, 2.24) is 10.2 Å². The van der Waals surface area contributed by atoms with Crippen LogP contribution in [0.1, 0.15) is 25.7 Å². The number of carbonyl (C=O) groups is 1. The van der Waals surface area contributed by atoms with Gasteiger partial charge in [0.2, 0.25) is 11.9 Å². The van der Waals surface area contributed by atoms with Crippen LogP contribution in [0.3, 0.4) is 0 Å². The minimum absolute atomic E-state index is 0.222. The van der Waals surface area contributed by atoms with Crippen molar-refractivity contribution in [2.45, 2.75) is 31.2 Å². The third-order valence-electron chi connectivity index (χ3n) is 5.73. The standard InChI is InChI=1S/C19H22FN5O/c20-14-3-5-15(6-4-14)24-9-11-25(12-10-24)18-22-17(26)16(13-21)19(23-18)7-1-2-8-19/h3-6,16H,1-2,7-12H2,(H,22,23,26)/t16-/m0/s1. The van der Waals surface area contributed by atoms with E-state index >= 15 is 0 Å². The molecule has 1 saturated heterocycles. The maximum Gasteiger partial charge on any atom is 0.246 e. The maximum atomic E-state index is 13.1. The Balaban J connectivity index is 1.49. The lowest BCUT2D eigenvalue weighted by Gasteiger charge is -2.41. The Bertz CT molecular complexity index is 755. The molecule has 1 N–H and O–H groups in total. The third-order valence-corrected chi connectivity index (χ3v) is 5.73. The number of halogens is 1. The predicted octanol–water partition coefficient (Wildman–Crippen LogP) is 1.89. The van der Waals surface area contributed by atoms with Crippen LogP contribution in [0.2, 0.25) is 0 Å². The molecule has 1 aromatic rings. The molecule has 2 aliphatic heterocycles. The molecule has 2 fully saturated rings. The fourth-order valence-corrected chi connectivity index (χ4v) is 4.27. The minimum Gasteiger partial charge on any atom is -0.368 e. The van der Waals surface area contributed by atoms with E-state index in [1.54, 1.807) is 12.1 Å². The normalized spacial score (nSPS) is 25.0. The van der Waals surface area contributed by atoms with Gasteiger partial charge in [-0.05, 0) is 37.1 Å². The van der Waals surface area contributed by atoms with Gasteiger partial charge in [0.05, 0.1) is 11.6 Å². The van der Waals surface area contributed by atoms with Crippen molar-refractivity contribution in [2.24, 2.45) is 10.9 Å². The number of carbonyl (C=O) groups excluding carboxylic acids is 1. The Morgan fingerprint density at radius 2 is 1.73 bits per heavy atom. The highest BCUT2D eigenvalue weighted by atomic mass is 19.1. The SMILES string of the molecule is N#C[C@H]1C(=O)NC(N2CCN(c3ccc(F)cc3)CC2)=NC12CCCC2. The summed E-state index contributed by atoms with van der Waals surface area (Å²) < 4.78 is 13.1. The van der Waals surface area contributed by atoms with Crippen molar-refractivity contribution in [3.05, 3.63) is 30.1 Å². The Morgan fingerprint density at radius 3 is 2.35 bits per heavy atom. The number of nitrogens with zero attached hydrogens (tertiary/aromatic N) is 4. The molecular weight excluding hydrogens is 333 g/mol. The highest BCUT2D eigenvalue weighted by Crippen LogP contribution is 2.41. The predicted molar refractivity (Wildman–Crippen MR) is 96.1 cm³/mol. The topological polar surface area (TPSA) is 71.7 Å². The van der Waals surface area contributed by atoms with Gasteiger partial charge in [-0.25, -0.2) is 9.38 Å². The molecule has 0 aromatic heterocycles. The summed E-state index contributed by atoms with van der Waals surface area (Å²) >= 11 is 0. The van der Waals surface area contributed by atoms with E-state index in [1.807, 2.05) is 0 Å². The molecule has 3 aliphatic rings. The number of anilines is 1. The van der Waals surface area contributed by atoms with E-state index in [9.17, 15) is 14.4 Å². The molecule has 1 atom stereocenters. The molecule has 4 rings (SSSR count). The molecule has 6 nitrogen and oxygen atoms in total. The molecule has 1 saturated carbocycles. The molecule has 0 bridgehead atoms. The lowest BCUT2D eigenvalue weighted by molar-refractivity contribution is -0.124. The summed E-state index contributed by atoms with van der Waals surface area (Å²) in [6, 6.07) is 8.68. The quantitative estimate of drug-likeness (QED) is 0.835. The fourth-order valence-electron chi connectivity index (χ4n) is 4.27. The maximum absolute atomic E-state index is 13.1. The Kier molecular flexibility index (Phi) is 4.27. The number of aliphatic imine (C=N–C) groups is 1. The summed E-state index contributed by atoms with van der Waals surface area (Å²) in [6.45, 7) is 3.00. The van der Waals surface area contributed by atoms with Gasteiger partial charge in [0.1, 0.15) is 5.82 Å². The molecule has 0 radical (unpaired) electrons. The third kappa shape index (κ3) is 2.90. The first kappa shape index (κ1) is 16.8. The molecule has 136 valence electrons. The summed E-state index contributed by atoms with van der Waals surface area (Å²) in [7, 11) is 0. The van der Waals surface area contributed by atoms with Gasteiger partial charge < -0.3 is 9.80 Å². The van der Waals surface area contributed by atoms with Crippen LogP contribution >= 0.6 is 0 Å². The molecule has 26 heavy (non-hydrogen) atoms. The fraction of sp³-hybridized carbons (Fsp3) is 0.526. The van der Waals surface area contributed by atoms with Crippen LogP contribution in [0.4, 0.5) is 10.1 Å². The molecule has 2 heterocycles. The van der Waals surface area contributed by atoms with E-state index in [1.165, 1.54) is 12.1 Å². The van der Waals surface area contributed by atoms with E-state index in [0.29, 0.717) is 5.96 Å². The lowest BCUT2D eigenvalue weighted by atomic mass is 9.82. The van der Waals surface area contributed by atoms with Crippen LogP contribution in [0.15, 0.2) is 29.3 Å². The number of nitriles is 1. The second-order valence-electron chi connectivity index (χ2n) is 7.25. The van der Waals surface area contributed by atoms with Gasteiger partial charge in [-0.1, -0.05) is 12.8 Å². The van der Waals surface area contributed by atoms with E-state index in [0.717, 1.165) is 57.5 Å².